The van der Waals surface area contributed by atoms with E-state index in [-0.39, 0.29) is 29.1 Å². The lowest BCUT2D eigenvalue weighted by Crippen LogP contribution is -2.60. The van der Waals surface area contributed by atoms with Crippen LogP contribution in [-0.4, -0.2) is 33.8 Å². The Balaban J connectivity index is 2.18. The number of carbonyl (C=O) groups is 2. The molecule has 1 atom stereocenters. The van der Waals surface area contributed by atoms with Gasteiger partial charge in [-0.15, -0.1) is 0 Å². The molecule has 4 heteroatoms. The zero-order valence-corrected chi connectivity index (χ0v) is 15.5. The molecular weight excluding hydrogens is 302 g/mol. The van der Waals surface area contributed by atoms with Crippen LogP contribution in [0.2, 0.25) is 0 Å². The molecule has 1 unspecified atom stereocenters. The third-order valence-corrected chi connectivity index (χ3v) is 4.77. The summed E-state index contributed by atoms with van der Waals surface area (Å²) in [5.41, 5.74) is 0.486. The minimum atomic E-state index is -1.04. The molecule has 2 rings (SSSR count). The summed E-state index contributed by atoms with van der Waals surface area (Å²) in [5.74, 6) is -0.432. The molecule has 1 aromatic rings. The second-order valence-electron chi connectivity index (χ2n) is 8.00. The largest absolute Gasteiger partial charge is 0.296 e. The average Bonchev–Trinajstić information content (AvgIpc) is 2.46. The van der Waals surface area contributed by atoms with E-state index in [1.165, 1.54) is 6.92 Å². The van der Waals surface area contributed by atoms with Crippen LogP contribution >= 0.6 is 0 Å². The first-order valence-electron chi connectivity index (χ1n) is 8.68. The molecule has 4 nitrogen and oxygen atoms in total. The molecule has 0 radical (unpaired) electrons. The number of piperidine rings is 1. The first kappa shape index (κ1) is 18.8. The fourth-order valence-electron chi connectivity index (χ4n) is 3.62. The standard InChI is InChI=1S/C20H29NO3/c1-15(22)18(17(23)14-16-10-7-6-8-11-16)24-21-19(2,3)12-9-13-20(21,4)5/h6-8,10-11,18H,9,12-14H2,1-5H3. The molecule has 0 saturated carbocycles. The fraction of sp³-hybridized carbons (Fsp3) is 0.600. The maximum Gasteiger partial charge on any atom is 0.195 e. The highest BCUT2D eigenvalue weighted by molar-refractivity contribution is 6.05. The maximum absolute atomic E-state index is 12.7. The van der Waals surface area contributed by atoms with Gasteiger partial charge in [0.15, 0.2) is 17.7 Å². The summed E-state index contributed by atoms with van der Waals surface area (Å²) in [6.07, 6.45) is 2.24. The number of rotatable bonds is 6. The molecule has 0 spiro atoms. The number of hydrogen-bond acceptors (Lipinski definition) is 4. The third-order valence-electron chi connectivity index (χ3n) is 4.77. The predicted molar refractivity (Wildman–Crippen MR) is 94.6 cm³/mol. The van der Waals surface area contributed by atoms with Crippen LogP contribution in [0.3, 0.4) is 0 Å². The second-order valence-corrected chi connectivity index (χ2v) is 8.00. The van der Waals surface area contributed by atoms with Crippen molar-refractivity contribution in [2.45, 2.75) is 77.5 Å². The van der Waals surface area contributed by atoms with Crippen molar-refractivity contribution < 1.29 is 14.4 Å². The van der Waals surface area contributed by atoms with Crippen molar-refractivity contribution >= 4 is 11.6 Å². The van der Waals surface area contributed by atoms with Gasteiger partial charge in [-0.1, -0.05) is 30.3 Å². The zero-order chi connectivity index (χ0) is 18.0. The van der Waals surface area contributed by atoms with Crippen LogP contribution in [0.5, 0.6) is 0 Å². The highest BCUT2D eigenvalue weighted by Gasteiger charge is 2.45. The topological polar surface area (TPSA) is 46.6 Å². The van der Waals surface area contributed by atoms with Crippen molar-refractivity contribution in [2.24, 2.45) is 0 Å². The molecule has 0 amide bonds. The van der Waals surface area contributed by atoms with Crippen molar-refractivity contribution in [1.29, 1.82) is 0 Å². The van der Waals surface area contributed by atoms with Gasteiger partial charge < -0.3 is 0 Å². The first-order valence-corrected chi connectivity index (χ1v) is 8.68. The van der Waals surface area contributed by atoms with Gasteiger partial charge in [0.25, 0.3) is 0 Å². The lowest BCUT2D eigenvalue weighted by Gasteiger charge is -2.52. The van der Waals surface area contributed by atoms with Gasteiger partial charge in [-0.05, 0) is 59.4 Å². The van der Waals surface area contributed by atoms with Crippen molar-refractivity contribution in [3.63, 3.8) is 0 Å². The van der Waals surface area contributed by atoms with E-state index in [0.717, 1.165) is 24.8 Å². The number of nitrogens with zero attached hydrogens (tertiary/aromatic N) is 1. The van der Waals surface area contributed by atoms with Crippen molar-refractivity contribution in [3.05, 3.63) is 35.9 Å². The molecular formula is C20H29NO3. The van der Waals surface area contributed by atoms with Crippen LogP contribution in [-0.2, 0) is 20.8 Å². The minimum absolute atomic E-state index is 0.189. The molecule has 1 aromatic carbocycles. The van der Waals surface area contributed by atoms with Crippen molar-refractivity contribution in [1.82, 2.24) is 5.06 Å². The lowest BCUT2D eigenvalue weighted by molar-refractivity contribution is -0.292. The molecule has 1 aliphatic heterocycles. The van der Waals surface area contributed by atoms with E-state index in [4.69, 9.17) is 4.84 Å². The molecule has 1 fully saturated rings. The maximum atomic E-state index is 12.7. The summed E-state index contributed by atoms with van der Waals surface area (Å²) in [6.45, 7) is 9.84. The van der Waals surface area contributed by atoms with Gasteiger partial charge in [-0.25, -0.2) is 0 Å². The number of carbonyl (C=O) groups excluding carboxylic acids is 2. The Morgan fingerprint density at radius 2 is 1.62 bits per heavy atom. The Kier molecular flexibility index (Phi) is 5.61. The molecule has 0 aromatic heterocycles. The summed E-state index contributed by atoms with van der Waals surface area (Å²) in [5, 5.41) is 1.89. The van der Waals surface area contributed by atoms with Crippen LogP contribution in [0.15, 0.2) is 30.3 Å². The molecule has 1 saturated heterocycles. The monoisotopic (exact) mass is 331 g/mol. The molecule has 0 bridgehead atoms. The highest BCUT2D eigenvalue weighted by Crippen LogP contribution is 2.39. The van der Waals surface area contributed by atoms with E-state index in [1.807, 2.05) is 35.4 Å². The Bertz CT molecular complexity index is 576. The van der Waals surface area contributed by atoms with Gasteiger partial charge in [0.2, 0.25) is 0 Å². The van der Waals surface area contributed by atoms with Crippen molar-refractivity contribution in [2.75, 3.05) is 0 Å². The van der Waals surface area contributed by atoms with E-state index < -0.39 is 6.10 Å². The van der Waals surface area contributed by atoms with Crippen LogP contribution in [0.25, 0.3) is 0 Å². The number of ketones is 2. The Hall–Kier alpha value is -1.52. The van der Waals surface area contributed by atoms with Gasteiger partial charge in [-0.3, -0.25) is 14.4 Å². The molecule has 0 N–H and O–H groups in total. The number of hydrogen-bond donors (Lipinski definition) is 0. The number of Topliss-reactive ketones (excluding diaryl/α,β-unsaturated/α-hetero) is 2. The van der Waals surface area contributed by atoms with Gasteiger partial charge in [0, 0.05) is 17.5 Å². The predicted octanol–water partition coefficient (Wildman–Crippen LogP) is 3.73. The normalized spacial score (nSPS) is 21.2. The van der Waals surface area contributed by atoms with Crippen LogP contribution < -0.4 is 0 Å². The van der Waals surface area contributed by atoms with Gasteiger partial charge in [-0.2, -0.15) is 5.06 Å². The smallest absolute Gasteiger partial charge is 0.195 e. The summed E-state index contributed by atoms with van der Waals surface area (Å²) in [7, 11) is 0. The summed E-state index contributed by atoms with van der Waals surface area (Å²) < 4.78 is 0. The molecule has 1 aliphatic rings. The summed E-state index contributed by atoms with van der Waals surface area (Å²) in [6, 6.07) is 9.48. The van der Waals surface area contributed by atoms with Crippen LogP contribution in [0, 0.1) is 0 Å². The zero-order valence-electron chi connectivity index (χ0n) is 15.5. The lowest BCUT2D eigenvalue weighted by atomic mass is 9.82. The van der Waals surface area contributed by atoms with Crippen LogP contribution in [0.1, 0.15) is 59.4 Å². The number of benzene rings is 1. The Morgan fingerprint density at radius 3 is 2.12 bits per heavy atom. The van der Waals surface area contributed by atoms with E-state index in [2.05, 4.69) is 27.7 Å². The quantitative estimate of drug-likeness (QED) is 0.745. The van der Waals surface area contributed by atoms with Gasteiger partial charge in [0.1, 0.15) is 0 Å². The molecule has 0 aliphatic carbocycles. The molecule has 24 heavy (non-hydrogen) atoms. The molecule has 1 heterocycles. The van der Waals surface area contributed by atoms with Gasteiger partial charge in [0.05, 0.1) is 0 Å². The average molecular weight is 331 g/mol. The SMILES string of the molecule is CC(=O)C(ON1C(C)(C)CCCC1(C)C)C(=O)Cc1ccccc1. The van der Waals surface area contributed by atoms with E-state index in [1.54, 1.807) is 0 Å². The first-order chi connectivity index (χ1) is 11.1. The van der Waals surface area contributed by atoms with Crippen molar-refractivity contribution in [3.8, 4) is 0 Å². The third kappa shape index (κ3) is 4.31. The Labute approximate surface area is 145 Å². The highest BCUT2D eigenvalue weighted by atomic mass is 16.7. The summed E-state index contributed by atoms with van der Waals surface area (Å²) in [4.78, 5) is 30.8. The Morgan fingerprint density at radius 1 is 1.08 bits per heavy atom. The molecule has 132 valence electrons. The van der Waals surface area contributed by atoms with E-state index >= 15 is 0 Å². The number of hydroxylamine groups is 2. The van der Waals surface area contributed by atoms with Crippen LogP contribution in [0.4, 0.5) is 0 Å². The van der Waals surface area contributed by atoms with Gasteiger partial charge >= 0.3 is 0 Å². The van der Waals surface area contributed by atoms with E-state index in [9.17, 15) is 9.59 Å². The minimum Gasteiger partial charge on any atom is -0.296 e. The fourth-order valence-corrected chi connectivity index (χ4v) is 3.62. The second kappa shape index (κ2) is 7.16. The van der Waals surface area contributed by atoms with E-state index in [0.29, 0.717) is 0 Å². The summed E-state index contributed by atoms with van der Waals surface area (Å²) >= 11 is 0.